The lowest BCUT2D eigenvalue weighted by molar-refractivity contribution is -0.137. The molecule has 0 aromatic heterocycles. The lowest BCUT2D eigenvalue weighted by atomic mass is 10.0. The van der Waals surface area contributed by atoms with Crippen LogP contribution in [0.3, 0.4) is 0 Å². The third kappa shape index (κ3) is 4.06. The Hall–Kier alpha value is -2.08. The molecular formula is C18H27N3O3. The molecule has 6 heteroatoms. The van der Waals surface area contributed by atoms with E-state index in [-0.39, 0.29) is 23.8 Å². The molecule has 132 valence electrons. The van der Waals surface area contributed by atoms with E-state index in [2.05, 4.69) is 0 Å². The minimum absolute atomic E-state index is 0.0496. The molecule has 2 unspecified atom stereocenters. The molecule has 1 heterocycles. The molecule has 0 saturated carbocycles. The van der Waals surface area contributed by atoms with E-state index in [4.69, 9.17) is 10.5 Å². The van der Waals surface area contributed by atoms with E-state index in [9.17, 15) is 9.59 Å². The first-order valence-corrected chi connectivity index (χ1v) is 8.51. The number of carbonyl (C=O) groups is 2. The summed E-state index contributed by atoms with van der Waals surface area (Å²) in [4.78, 5) is 28.7. The number of rotatable bonds is 5. The van der Waals surface area contributed by atoms with Crippen LogP contribution >= 0.6 is 0 Å². The van der Waals surface area contributed by atoms with E-state index in [0.29, 0.717) is 44.1 Å². The number of para-hydroxylation sites is 1. The summed E-state index contributed by atoms with van der Waals surface area (Å²) in [5.41, 5.74) is 6.39. The zero-order valence-corrected chi connectivity index (χ0v) is 14.7. The largest absolute Gasteiger partial charge is 0.493 e. The number of benzene rings is 1. The number of nitrogens with two attached hydrogens (primary N) is 1. The van der Waals surface area contributed by atoms with Crippen molar-refractivity contribution in [2.24, 2.45) is 11.7 Å². The molecule has 2 rings (SSSR count). The summed E-state index contributed by atoms with van der Waals surface area (Å²) in [7, 11) is 0. The standard InChI is InChI=1S/C18H27N3O3/c1-4-24-16-8-6-5-7-15(16)18(23)21-11-9-20(10-12-21)17(22)13(2)14(3)19/h5-8,13-14H,4,9-12,19H2,1-3H3. The summed E-state index contributed by atoms with van der Waals surface area (Å²) in [5, 5.41) is 0. The number of hydrogen-bond acceptors (Lipinski definition) is 4. The van der Waals surface area contributed by atoms with Gasteiger partial charge in [-0.05, 0) is 26.0 Å². The molecule has 6 nitrogen and oxygen atoms in total. The zero-order chi connectivity index (χ0) is 17.7. The Morgan fingerprint density at radius 2 is 1.71 bits per heavy atom. The molecule has 1 saturated heterocycles. The molecule has 1 fully saturated rings. The highest BCUT2D eigenvalue weighted by Crippen LogP contribution is 2.21. The van der Waals surface area contributed by atoms with E-state index in [1.807, 2.05) is 32.9 Å². The predicted octanol–water partition coefficient (Wildman–Crippen LogP) is 1.35. The van der Waals surface area contributed by atoms with Crippen LogP contribution in [0.1, 0.15) is 31.1 Å². The average Bonchev–Trinajstić information content (AvgIpc) is 2.60. The summed E-state index contributed by atoms with van der Waals surface area (Å²) in [5.74, 6) is 0.415. The first-order valence-electron chi connectivity index (χ1n) is 8.51. The van der Waals surface area contributed by atoms with Gasteiger partial charge < -0.3 is 20.3 Å². The van der Waals surface area contributed by atoms with E-state index in [0.717, 1.165) is 0 Å². The van der Waals surface area contributed by atoms with Gasteiger partial charge in [0.15, 0.2) is 0 Å². The third-order valence-corrected chi connectivity index (χ3v) is 4.47. The zero-order valence-electron chi connectivity index (χ0n) is 14.7. The first kappa shape index (κ1) is 18.3. The Kier molecular flexibility index (Phi) is 6.20. The molecule has 2 N–H and O–H groups in total. The van der Waals surface area contributed by atoms with Crippen LogP contribution in [-0.4, -0.2) is 60.4 Å². The molecule has 2 amide bonds. The van der Waals surface area contributed by atoms with Crippen LogP contribution in [0.25, 0.3) is 0 Å². The Bertz CT molecular complexity index is 581. The number of nitrogens with zero attached hydrogens (tertiary/aromatic N) is 2. The minimum Gasteiger partial charge on any atom is -0.493 e. The number of hydrogen-bond donors (Lipinski definition) is 1. The predicted molar refractivity (Wildman–Crippen MR) is 92.9 cm³/mol. The van der Waals surface area contributed by atoms with Gasteiger partial charge >= 0.3 is 0 Å². The summed E-state index contributed by atoms with van der Waals surface area (Å²) in [6, 6.07) is 7.10. The molecular weight excluding hydrogens is 306 g/mol. The van der Waals surface area contributed by atoms with E-state index in [1.165, 1.54) is 0 Å². The van der Waals surface area contributed by atoms with Crippen molar-refractivity contribution in [3.05, 3.63) is 29.8 Å². The maximum atomic E-state index is 12.7. The number of ether oxygens (including phenoxy) is 1. The van der Waals surface area contributed by atoms with Crippen molar-refractivity contribution in [2.75, 3.05) is 32.8 Å². The molecule has 2 atom stereocenters. The maximum Gasteiger partial charge on any atom is 0.257 e. The smallest absolute Gasteiger partial charge is 0.257 e. The van der Waals surface area contributed by atoms with Gasteiger partial charge in [-0.2, -0.15) is 0 Å². The molecule has 0 radical (unpaired) electrons. The van der Waals surface area contributed by atoms with E-state index >= 15 is 0 Å². The quantitative estimate of drug-likeness (QED) is 0.882. The minimum atomic E-state index is -0.203. The fraction of sp³-hybridized carbons (Fsp3) is 0.556. The molecule has 1 aliphatic rings. The summed E-state index contributed by atoms with van der Waals surface area (Å²) >= 11 is 0. The second-order valence-corrected chi connectivity index (χ2v) is 6.19. The van der Waals surface area contributed by atoms with Gasteiger partial charge in [-0.25, -0.2) is 0 Å². The molecule has 1 aromatic carbocycles. The first-order chi connectivity index (χ1) is 11.5. The summed E-state index contributed by atoms with van der Waals surface area (Å²) in [6.07, 6.45) is 0. The van der Waals surface area contributed by atoms with Crippen LogP contribution in [0, 0.1) is 5.92 Å². The van der Waals surface area contributed by atoms with Crippen molar-refractivity contribution in [3.63, 3.8) is 0 Å². The van der Waals surface area contributed by atoms with Crippen molar-refractivity contribution < 1.29 is 14.3 Å². The highest BCUT2D eigenvalue weighted by Gasteiger charge is 2.29. The molecule has 0 aliphatic carbocycles. The van der Waals surface area contributed by atoms with E-state index < -0.39 is 0 Å². The molecule has 0 bridgehead atoms. The Labute approximate surface area is 143 Å². The third-order valence-electron chi connectivity index (χ3n) is 4.47. The van der Waals surface area contributed by atoms with Gasteiger partial charge in [0.2, 0.25) is 5.91 Å². The Morgan fingerprint density at radius 3 is 2.29 bits per heavy atom. The van der Waals surface area contributed by atoms with Gasteiger partial charge in [0.1, 0.15) is 5.75 Å². The second kappa shape index (κ2) is 8.15. The average molecular weight is 333 g/mol. The van der Waals surface area contributed by atoms with Gasteiger partial charge in [0.25, 0.3) is 5.91 Å². The molecule has 1 aliphatic heterocycles. The fourth-order valence-electron chi connectivity index (χ4n) is 2.74. The Morgan fingerprint density at radius 1 is 1.12 bits per heavy atom. The van der Waals surface area contributed by atoms with Crippen molar-refractivity contribution in [1.29, 1.82) is 0 Å². The van der Waals surface area contributed by atoms with Gasteiger partial charge in [-0.3, -0.25) is 9.59 Å². The van der Waals surface area contributed by atoms with Crippen LogP contribution < -0.4 is 10.5 Å². The van der Waals surface area contributed by atoms with Crippen molar-refractivity contribution in [3.8, 4) is 5.75 Å². The summed E-state index contributed by atoms with van der Waals surface area (Å²) in [6.45, 7) is 8.23. The monoisotopic (exact) mass is 333 g/mol. The number of carbonyl (C=O) groups excluding carboxylic acids is 2. The van der Waals surface area contributed by atoms with Crippen LogP contribution in [0.4, 0.5) is 0 Å². The maximum absolute atomic E-state index is 12.7. The normalized spacial score (nSPS) is 17.3. The lowest BCUT2D eigenvalue weighted by Crippen LogP contribution is -2.53. The fourth-order valence-corrected chi connectivity index (χ4v) is 2.74. The Balaban J connectivity index is 2.00. The van der Waals surface area contributed by atoms with Crippen molar-refractivity contribution >= 4 is 11.8 Å². The van der Waals surface area contributed by atoms with Gasteiger partial charge in [-0.1, -0.05) is 19.1 Å². The number of piperazine rings is 1. The SMILES string of the molecule is CCOc1ccccc1C(=O)N1CCN(C(=O)C(C)C(C)N)CC1. The van der Waals surface area contributed by atoms with Crippen molar-refractivity contribution in [1.82, 2.24) is 9.80 Å². The lowest BCUT2D eigenvalue weighted by Gasteiger charge is -2.36. The van der Waals surface area contributed by atoms with Crippen LogP contribution in [0.2, 0.25) is 0 Å². The van der Waals surface area contributed by atoms with E-state index in [1.54, 1.807) is 21.9 Å². The highest BCUT2D eigenvalue weighted by atomic mass is 16.5. The molecule has 24 heavy (non-hydrogen) atoms. The molecule has 1 aromatic rings. The topological polar surface area (TPSA) is 75.9 Å². The van der Waals surface area contributed by atoms with Crippen LogP contribution in [0.15, 0.2) is 24.3 Å². The highest BCUT2D eigenvalue weighted by molar-refractivity contribution is 5.97. The van der Waals surface area contributed by atoms with Gasteiger partial charge in [0, 0.05) is 32.2 Å². The second-order valence-electron chi connectivity index (χ2n) is 6.19. The van der Waals surface area contributed by atoms with Crippen LogP contribution in [0.5, 0.6) is 5.75 Å². The van der Waals surface area contributed by atoms with Gasteiger partial charge in [0.05, 0.1) is 18.1 Å². The van der Waals surface area contributed by atoms with Gasteiger partial charge in [-0.15, -0.1) is 0 Å². The van der Waals surface area contributed by atoms with Crippen LogP contribution in [-0.2, 0) is 4.79 Å². The van der Waals surface area contributed by atoms with Crippen molar-refractivity contribution in [2.45, 2.75) is 26.8 Å². The number of amides is 2. The summed E-state index contributed by atoms with van der Waals surface area (Å²) < 4.78 is 5.54. The molecule has 0 spiro atoms.